The number of aliphatic imine (C=N–C) groups is 1. The fourth-order valence-corrected chi connectivity index (χ4v) is 4.14. The molecule has 3 nitrogen and oxygen atoms in total. The van der Waals surface area contributed by atoms with Gasteiger partial charge in [0.2, 0.25) is 0 Å². The van der Waals surface area contributed by atoms with Crippen LogP contribution in [0.2, 0.25) is 5.02 Å². The van der Waals surface area contributed by atoms with Crippen molar-refractivity contribution in [3.63, 3.8) is 0 Å². The molecule has 0 aliphatic carbocycles. The van der Waals surface area contributed by atoms with Gasteiger partial charge in [-0.05, 0) is 79.1 Å². The van der Waals surface area contributed by atoms with Crippen LogP contribution in [0.25, 0.3) is 5.70 Å². The highest BCUT2D eigenvalue weighted by molar-refractivity contribution is 6.31. The van der Waals surface area contributed by atoms with Gasteiger partial charge in [0.05, 0.1) is 17.3 Å². The van der Waals surface area contributed by atoms with Gasteiger partial charge in [0.25, 0.3) is 0 Å². The smallest absolute Gasteiger partial charge is 0.0991 e. The van der Waals surface area contributed by atoms with E-state index in [-0.39, 0.29) is 0 Å². The summed E-state index contributed by atoms with van der Waals surface area (Å²) in [5.41, 5.74) is 7.43. The van der Waals surface area contributed by atoms with Crippen LogP contribution in [0.1, 0.15) is 59.9 Å². The van der Waals surface area contributed by atoms with Crippen molar-refractivity contribution in [3.8, 4) is 6.07 Å². The Morgan fingerprint density at radius 3 is 2.68 bits per heavy atom. The molecule has 1 unspecified atom stereocenters. The molecule has 0 spiro atoms. The molecule has 0 radical (unpaired) electrons. The summed E-state index contributed by atoms with van der Waals surface area (Å²) in [7, 11) is 0. The SMILES string of the molecule is CC1CC=C(c2cccnc2)N=C(CCCc2ccc(C#N)cc2)c2cc(Cl)ccc21. The van der Waals surface area contributed by atoms with Crippen molar-refractivity contribution in [3.05, 3.63) is 106 Å². The highest BCUT2D eigenvalue weighted by atomic mass is 35.5. The largest absolute Gasteiger partial charge is 0.264 e. The van der Waals surface area contributed by atoms with E-state index in [9.17, 15) is 0 Å². The monoisotopic (exact) mass is 425 g/mol. The van der Waals surface area contributed by atoms with Crippen LogP contribution >= 0.6 is 11.6 Å². The number of nitrogens with zero attached hydrogens (tertiary/aromatic N) is 3. The van der Waals surface area contributed by atoms with Gasteiger partial charge in [-0.2, -0.15) is 5.26 Å². The Labute approximate surface area is 188 Å². The number of nitriles is 1. The van der Waals surface area contributed by atoms with E-state index in [2.05, 4.69) is 42.3 Å². The van der Waals surface area contributed by atoms with E-state index in [1.165, 1.54) is 11.1 Å². The summed E-state index contributed by atoms with van der Waals surface area (Å²) in [4.78, 5) is 9.40. The minimum Gasteiger partial charge on any atom is -0.264 e. The van der Waals surface area contributed by atoms with Crippen LogP contribution in [-0.2, 0) is 6.42 Å². The third-order valence-electron chi connectivity index (χ3n) is 5.70. The minimum absolute atomic E-state index is 0.378. The lowest BCUT2D eigenvalue weighted by molar-refractivity contribution is 0.774. The van der Waals surface area contributed by atoms with Crippen molar-refractivity contribution >= 4 is 23.0 Å². The standard InChI is InChI=1S/C27H24ClN3/c1-19-7-14-26(22-5-3-15-30-18-22)31-27(25-16-23(28)12-13-24(19)25)6-2-4-20-8-10-21(17-29)11-9-20/h3,5,8-16,18-19H,2,4,6-7H2,1H3. The Morgan fingerprint density at radius 2 is 1.94 bits per heavy atom. The summed E-state index contributed by atoms with van der Waals surface area (Å²) < 4.78 is 0. The Balaban J connectivity index is 1.65. The molecule has 2 aromatic carbocycles. The van der Waals surface area contributed by atoms with Gasteiger partial charge in [0, 0.05) is 34.3 Å². The van der Waals surface area contributed by atoms with Crippen LogP contribution in [0, 0.1) is 11.3 Å². The second kappa shape index (κ2) is 9.73. The van der Waals surface area contributed by atoms with Crippen LogP contribution in [0.3, 0.4) is 0 Å². The molecule has 3 aromatic rings. The van der Waals surface area contributed by atoms with Crippen LogP contribution in [-0.4, -0.2) is 10.7 Å². The van der Waals surface area contributed by atoms with Crippen molar-refractivity contribution in [2.24, 2.45) is 4.99 Å². The van der Waals surface area contributed by atoms with Crippen molar-refractivity contribution < 1.29 is 0 Å². The quantitative estimate of drug-likeness (QED) is 0.443. The third-order valence-corrected chi connectivity index (χ3v) is 5.93. The van der Waals surface area contributed by atoms with Gasteiger partial charge in [-0.25, -0.2) is 0 Å². The van der Waals surface area contributed by atoms with Crippen molar-refractivity contribution in [1.29, 1.82) is 5.26 Å². The molecule has 4 rings (SSSR count). The van der Waals surface area contributed by atoms with E-state index < -0.39 is 0 Å². The van der Waals surface area contributed by atoms with E-state index in [1.54, 1.807) is 6.20 Å². The second-order valence-corrected chi connectivity index (χ2v) is 8.36. The molecule has 1 aromatic heterocycles. The van der Waals surface area contributed by atoms with E-state index in [4.69, 9.17) is 21.9 Å². The Kier molecular flexibility index (Phi) is 6.60. The van der Waals surface area contributed by atoms with Gasteiger partial charge >= 0.3 is 0 Å². The average molecular weight is 426 g/mol. The zero-order chi connectivity index (χ0) is 21.6. The zero-order valence-corrected chi connectivity index (χ0v) is 18.3. The Morgan fingerprint density at radius 1 is 1.10 bits per heavy atom. The molecule has 154 valence electrons. The summed E-state index contributed by atoms with van der Waals surface area (Å²) in [5.74, 6) is 0.378. The molecule has 1 aliphatic rings. The fourth-order valence-electron chi connectivity index (χ4n) is 3.97. The van der Waals surface area contributed by atoms with Crippen molar-refractivity contribution in [2.45, 2.75) is 38.5 Å². The Hall–Kier alpha value is -3.22. The van der Waals surface area contributed by atoms with Gasteiger partial charge < -0.3 is 0 Å². The number of allylic oxidation sites excluding steroid dienone is 1. The number of hydrogen-bond donors (Lipinski definition) is 0. The summed E-state index contributed by atoms with van der Waals surface area (Å²) in [6.07, 6.45) is 9.54. The van der Waals surface area contributed by atoms with Crippen LogP contribution in [0.4, 0.5) is 0 Å². The maximum absolute atomic E-state index is 8.99. The molecule has 31 heavy (non-hydrogen) atoms. The summed E-state index contributed by atoms with van der Waals surface area (Å²) >= 11 is 6.39. The summed E-state index contributed by atoms with van der Waals surface area (Å²) in [6.45, 7) is 2.25. The van der Waals surface area contributed by atoms with E-state index in [0.29, 0.717) is 11.5 Å². The van der Waals surface area contributed by atoms with Gasteiger partial charge in [0.15, 0.2) is 0 Å². The topological polar surface area (TPSA) is 49.0 Å². The molecule has 0 N–H and O–H groups in total. The number of fused-ring (bicyclic) bond motifs is 1. The van der Waals surface area contributed by atoms with Crippen molar-refractivity contribution in [1.82, 2.24) is 4.98 Å². The highest BCUT2D eigenvalue weighted by Gasteiger charge is 2.18. The molecular weight excluding hydrogens is 402 g/mol. The van der Waals surface area contributed by atoms with Gasteiger partial charge in [-0.3, -0.25) is 9.98 Å². The molecule has 0 saturated heterocycles. The maximum atomic E-state index is 8.99. The molecular formula is C27H24ClN3. The first-order chi connectivity index (χ1) is 15.1. The number of pyridine rings is 1. The van der Waals surface area contributed by atoms with Crippen molar-refractivity contribution in [2.75, 3.05) is 0 Å². The van der Waals surface area contributed by atoms with E-state index in [1.807, 2.05) is 42.6 Å². The first-order valence-corrected chi connectivity index (χ1v) is 11.0. The number of halogens is 1. The normalized spacial score (nSPS) is 15.7. The van der Waals surface area contributed by atoms with Gasteiger partial charge in [-0.15, -0.1) is 0 Å². The lowest BCUT2D eigenvalue weighted by atomic mass is 9.87. The van der Waals surface area contributed by atoms with E-state index in [0.717, 1.165) is 53.2 Å². The first kappa shape index (κ1) is 21.0. The number of rotatable bonds is 5. The first-order valence-electron chi connectivity index (χ1n) is 10.6. The number of aromatic nitrogens is 1. The second-order valence-electron chi connectivity index (χ2n) is 7.92. The van der Waals surface area contributed by atoms with E-state index >= 15 is 0 Å². The molecule has 1 atom stereocenters. The van der Waals surface area contributed by atoms with Crippen LogP contribution in [0.5, 0.6) is 0 Å². The molecule has 0 bridgehead atoms. The maximum Gasteiger partial charge on any atom is 0.0991 e. The minimum atomic E-state index is 0.378. The zero-order valence-electron chi connectivity index (χ0n) is 17.6. The molecule has 0 fully saturated rings. The number of hydrogen-bond acceptors (Lipinski definition) is 3. The van der Waals surface area contributed by atoms with Gasteiger partial charge in [-0.1, -0.05) is 42.8 Å². The molecule has 1 aliphatic heterocycles. The number of aryl methyl sites for hydroxylation is 1. The Bertz CT molecular complexity index is 1160. The van der Waals surface area contributed by atoms with Gasteiger partial charge in [0.1, 0.15) is 0 Å². The highest BCUT2D eigenvalue weighted by Crippen LogP contribution is 2.32. The predicted molar refractivity (Wildman–Crippen MR) is 127 cm³/mol. The fraction of sp³-hybridized carbons (Fsp3) is 0.222. The lowest BCUT2D eigenvalue weighted by Crippen LogP contribution is -2.11. The molecule has 2 heterocycles. The lowest BCUT2D eigenvalue weighted by Gasteiger charge is -2.21. The average Bonchev–Trinajstić information content (AvgIpc) is 2.80. The summed E-state index contributed by atoms with van der Waals surface area (Å²) in [5, 5.41) is 9.73. The molecule has 4 heteroatoms. The van der Waals surface area contributed by atoms with Crippen LogP contribution in [0.15, 0.2) is 78.1 Å². The molecule has 0 amide bonds. The third kappa shape index (κ3) is 5.10. The summed E-state index contributed by atoms with van der Waals surface area (Å²) in [6, 6.07) is 20.2. The number of benzene rings is 2. The predicted octanol–water partition coefficient (Wildman–Crippen LogP) is 6.97. The molecule has 0 saturated carbocycles. The van der Waals surface area contributed by atoms with Crippen LogP contribution < -0.4 is 0 Å².